The molecule has 0 saturated carbocycles. The summed E-state index contributed by atoms with van der Waals surface area (Å²) >= 11 is 0. The Morgan fingerprint density at radius 1 is 0.228 bits per heavy atom. The van der Waals surface area contributed by atoms with E-state index in [9.17, 15) is 0 Å². The second-order valence-corrected chi connectivity index (χ2v) is 14.6. The number of benzene rings is 10. The van der Waals surface area contributed by atoms with Crippen LogP contribution in [0, 0.1) is 0 Å². The second-order valence-electron chi connectivity index (χ2n) is 14.6. The van der Waals surface area contributed by atoms with E-state index in [1.165, 1.54) is 77.2 Å². The van der Waals surface area contributed by atoms with Crippen LogP contribution in [-0.4, -0.2) is 0 Å². The van der Waals surface area contributed by atoms with E-state index in [0.717, 1.165) is 17.1 Å². The zero-order valence-electron chi connectivity index (χ0n) is 31.5. The Morgan fingerprint density at radius 3 is 1.19 bits per heavy atom. The van der Waals surface area contributed by atoms with Gasteiger partial charge in [-0.1, -0.05) is 194 Å². The lowest BCUT2D eigenvalue weighted by molar-refractivity contribution is 1.28. The largest absolute Gasteiger partial charge is 0.311 e. The molecule has 0 radical (unpaired) electrons. The summed E-state index contributed by atoms with van der Waals surface area (Å²) in [5.41, 5.74) is 15.4. The minimum absolute atomic E-state index is 1.10. The van der Waals surface area contributed by atoms with Crippen LogP contribution in [0.1, 0.15) is 0 Å². The Labute approximate surface area is 334 Å². The molecule has 0 aromatic heterocycles. The maximum Gasteiger partial charge on any atom is 0.0462 e. The SMILES string of the molecule is c1ccc(-c2ccc(-c3ccc(N(c4ccc(-c5ccc6ccccc6c5)cc4)c4ccc(-c5c(-c6ccccc6)ccc6ccccc56)cc4)cc3)cc2)cc1. The van der Waals surface area contributed by atoms with Gasteiger partial charge in [-0.2, -0.15) is 0 Å². The summed E-state index contributed by atoms with van der Waals surface area (Å²) in [6.45, 7) is 0. The summed E-state index contributed by atoms with van der Waals surface area (Å²) in [5.74, 6) is 0. The average Bonchev–Trinajstić information content (AvgIpc) is 3.30. The molecular weight excluding hydrogens is 687 g/mol. The molecule has 0 N–H and O–H groups in total. The van der Waals surface area contributed by atoms with Gasteiger partial charge >= 0.3 is 0 Å². The van der Waals surface area contributed by atoms with Crippen LogP contribution in [0.2, 0.25) is 0 Å². The zero-order chi connectivity index (χ0) is 38.0. The molecule has 0 amide bonds. The highest BCUT2D eigenvalue weighted by molar-refractivity contribution is 6.04. The minimum Gasteiger partial charge on any atom is -0.311 e. The maximum atomic E-state index is 2.36. The number of hydrogen-bond donors (Lipinski definition) is 0. The smallest absolute Gasteiger partial charge is 0.0462 e. The van der Waals surface area contributed by atoms with E-state index in [1.807, 2.05) is 0 Å². The van der Waals surface area contributed by atoms with Crippen LogP contribution in [0.3, 0.4) is 0 Å². The summed E-state index contributed by atoms with van der Waals surface area (Å²) in [7, 11) is 0. The second kappa shape index (κ2) is 15.0. The normalized spacial score (nSPS) is 11.2. The predicted molar refractivity (Wildman–Crippen MR) is 243 cm³/mol. The molecule has 1 heteroatoms. The van der Waals surface area contributed by atoms with Gasteiger partial charge < -0.3 is 4.90 Å². The van der Waals surface area contributed by atoms with Crippen molar-refractivity contribution >= 4 is 38.6 Å². The van der Waals surface area contributed by atoms with Gasteiger partial charge in [-0.15, -0.1) is 0 Å². The van der Waals surface area contributed by atoms with Crippen LogP contribution >= 0.6 is 0 Å². The van der Waals surface area contributed by atoms with Gasteiger partial charge in [-0.25, -0.2) is 0 Å². The van der Waals surface area contributed by atoms with E-state index in [4.69, 9.17) is 0 Å². The number of hydrogen-bond acceptors (Lipinski definition) is 1. The van der Waals surface area contributed by atoms with E-state index in [2.05, 4.69) is 241 Å². The van der Waals surface area contributed by atoms with Gasteiger partial charge in [0.2, 0.25) is 0 Å². The van der Waals surface area contributed by atoms with E-state index in [0.29, 0.717) is 0 Å². The first-order chi connectivity index (χ1) is 28.2. The van der Waals surface area contributed by atoms with Crippen LogP contribution in [0.4, 0.5) is 17.1 Å². The standard InChI is InChI=1S/C56H39N/c1-3-11-40(12-4-1)42-19-21-43(22-20-42)44-25-32-51(33-26-44)57(52-34-27-45(28-35-52)50-24-23-41-13-7-8-17-49(41)39-50)53-36-29-48(30-37-53)56-54-18-10-9-16-47(54)31-38-55(56)46-14-5-2-6-15-46/h1-39H. The van der Waals surface area contributed by atoms with E-state index < -0.39 is 0 Å². The number of rotatable bonds is 8. The van der Waals surface area contributed by atoms with Crippen LogP contribution < -0.4 is 4.90 Å². The van der Waals surface area contributed by atoms with Gasteiger partial charge in [0, 0.05) is 17.1 Å². The highest BCUT2D eigenvalue weighted by Gasteiger charge is 2.16. The van der Waals surface area contributed by atoms with Gasteiger partial charge in [0.1, 0.15) is 0 Å². The molecule has 10 aromatic carbocycles. The van der Waals surface area contributed by atoms with Gasteiger partial charge in [0.15, 0.2) is 0 Å². The zero-order valence-corrected chi connectivity index (χ0v) is 31.5. The van der Waals surface area contributed by atoms with Crippen LogP contribution in [0.15, 0.2) is 237 Å². The summed E-state index contributed by atoms with van der Waals surface area (Å²) in [6.07, 6.45) is 0. The van der Waals surface area contributed by atoms with Crippen molar-refractivity contribution in [1.82, 2.24) is 0 Å². The number of fused-ring (bicyclic) bond motifs is 2. The summed E-state index contributed by atoms with van der Waals surface area (Å²) in [6, 6.07) is 85.6. The molecule has 10 aromatic rings. The summed E-state index contributed by atoms with van der Waals surface area (Å²) < 4.78 is 0. The van der Waals surface area contributed by atoms with E-state index in [1.54, 1.807) is 0 Å². The van der Waals surface area contributed by atoms with E-state index in [-0.39, 0.29) is 0 Å². The van der Waals surface area contributed by atoms with Gasteiger partial charge in [0.05, 0.1) is 0 Å². The summed E-state index contributed by atoms with van der Waals surface area (Å²) in [5, 5.41) is 4.99. The van der Waals surface area contributed by atoms with Crippen molar-refractivity contribution in [2.45, 2.75) is 0 Å². The highest BCUT2D eigenvalue weighted by Crippen LogP contribution is 2.41. The van der Waals surface area contributed by atoms with Crippen molar-refractivity contribution in [1.29, 1.82) is 0 Å². The van der Waals surface area contributed by atoms with Gasteiger partial charge in [-0.3, -0.25) is 0 Å². The van der Waals surface area contributed by atoms with Gasteiger partial charge in [0.25, 0.3) is 0 Å². The van der Waals surface area contributed by atoms with Crippen LogP contribution in [0.5, 0.6) is 0 Å². The molecule has 0 bridgehead atoms. The minimum atomic E-state index is 1.10. The Bertz CT molecular complexity index is 2950. The Kier molecular flexibility index (Phi) is 8.95. The molecule has 57 heavy (non-hydrogen) atoms. The molecule has 1 nitrogen and oxygen atoms in total. The molecule has 10 rings (SSSR count). The van der Waals surface area contributed by atoms with Gasteiger partial charge in [-0.05, 0) is 120 Å². The van der Waals surface area contributed by atoms with Crippen molar-refractivity contribution in [2.75, 3.05) is 4.90 Å². The molecule has 268 valence electrons. The monoisotopic (exact) mass is 725 g/mol. The highest BCUT2D eigenvalue weighted by atomic mass is 15.1. The molecule has 0 aliphatic heterocycles. The quantitative estimate of drug-likeness (QED) is 0.151. The van der Waals surface area contributed by atoms with Crippen molar-refractivity contribution in [3.8, 4) is 55.6 Å². The Hall–Kier alpha value is -7.48. The predicted octanol–water partition coefficient (Wildman–Crippen LogP) is 15.8. The lowest BCUT2D eigenvalue weighted by Crippen LogP contribution is -2.09. The van der Waals surface area contributed by atoms with Crippen molar-refractivity contribution < 1.29 is 0 Å². The number of nitrogens with zero attached hydrogens (tertiary/aromatic N) is 1. The molecular formula is C56H39N. The third-order valence-electron chi connectivity index (χ3n) is 11.1. The average molecular weight is 726 g/mol. The first-order valence-corrected chi connectivity index (χ1v) is 19.6. The lowest BCUT2D eigenvalue weighted by Gasteiger charge is -2.26. The summed E-state index contributed by atoms with van der Waals surface area (Å²) in [4.78, 5) is 2.36. The van der Waals surface area contributed by atoms with Crippen molar-refractivity contribution in [3.05, 3.63) is 237 Å². The van der Waals surface area contributed by atoms with Crippen molar-refractivity contribution in [2.24, 2.45) is 0 Å². The fraction of sp³-hybridized carbons (Fsp3) is 0. The maximum absolute atomic E-state index is 2.36. The number of anilines is 3. The fourth-order valence-corrected chi connectivity index (χ4v) is 8.13. The van der Waals surface area contributed by atoms with Crippen molar-refractivity contribution in [3.63, 3.8) is 0 Å². The first-order valence-electron chi connectivity index (χ1n) is 19.6. The van der Waals surface area contributed by atoms with E-state index >= 15 is 0 Å². The molecule has 0 unspecified atom stereocenters. The van der Waals surface area contributed by atoms with Crippen LogP contribution in [0.25, 0.3) is 77.2 Å². The lowest BCUT2D eigenvalue weighted by atomic mass is 9.89. The third-order valence-corrected chi connectivity index (χ3v) is 11.1. The molecule has 0 saturated heterocycles. The molecule has 0 heterocycles. The molecule has 0 aliphatic rings. The Balaban J connectivity index is 1.04. The fourth-order valence-electron chi connectivity index (χ4n) is 8.13. The molecule has 0 aliphatic carbocycles. The first kappa shape index (κ1) is 34.0. The topological polar surface area (TPSA) is 3.24 Å². The Morgan fingerprint density at radius 2 is 0.614 bits per heavy atom. The molecule has 0 fully saturated rings. The molecule has 0 atom stereocenters. The van der Waals surface area contributed by atoms with Crippen LogP contribution in [-0.2, 0) is 0 Å². The molecule has 0 spiro atoms. The third kappa shape index (κ3) is 6.77.